The monoisotopic (exact) mass is 575 g/mol. The number of ether oxygens (including phenoxy) is 2. The van der Waals surface area contributed by atoms with Crippen molar-refractivity contribution in [1.29, 1.82) is 0 Å². The molecule has 8 rings (SSSR count). The van der Waals surface area contributed by atoms with E-state index in [1.54, 1.807) is 0 Å². The second kappa shape index (κ2) is 11.5. The summed E-state index contributed by atoms with van der Waals surface area (Å²) in [6, 6.07) is 15.6. The van der Waals surface area contributed by atoms with Crippen LogP contribution in [-0.2, 0) is 16.1 Å². The molecular weight excluding hydrogens is 530 g/mol. The van der Waals surface area contributed by atoms with Crippen molar-refractivity contribution in [3.05, 3.63) is 65.2 Å². The summed E-state index contributed by atoms with van der Waals surface area (Å²) in [5.41, 5.74) is 3.45. The van der Waals surface area contributed by atoms with E-state index in [1.165, 1.54) is 19.3 Å². The molecule has 2 aliphatic heterocycles. The van der Waals surface area contributed by atoms with Gasteiger partial charge < -0.3 is 30.3 Å². The van der Waals surface area contributed by atoms with Crippen molar-refractivity contribution in [3.63, 3.8) is 0 Å². The van der Waals surface area contributed by atoms with E-state index in [0.29, 0.717) is 13.1 Å². The Morgan fingerprint density at radius 3 is 2.36 bits per heavy atom. The highest BCUT2D eigenvalue weighted by molar-refractivity contribution is 5.89. The van der Waals surface area contributed by atoms with Crippen LogP contribution in [0.5, 0.6) is 0 Å². The number of aliphatic hydroxyl groups is 2. The first-order valence-corrected chi connectivity index (χ1v) is 15.9. The molecule has 2 aromatic carbocycles. The lowest BCUT2D eigenvalue weighted by Crippen LogP contribution is -2.60. The Balaban J connectivity index is 1.07. The molecule has 5 atom stereocenters. The number of likely N-dealkylation sites (tertiary alicyclic amines) is 1. The molecule has 4 saturated carbocycles. The minimum absolute atomic E-state index is 0.00321. The minimum atomic E-state index is -0.603. The number of nitrogens with zero attached hydrogens (tertiary/aromatic N) is 1. The van der Waals surface area contributed by atoms with Crippen LogP contribution in [-0.4, -0.2) is 58.5 Å². The molecule has 42 heavy (non-hydrogen) atoms. The smallest absolute Gasteiger partial charge is 0.319 e. The third-order valence-electron chi connectivity index (χ3n) is 10.6. The molecule has 6 aliphatic rings. The lowest BCUT2D eigenvalue weighted by molar-refractivity contribution is -0.276. The zero-order valence-corrected chi connectivity index (χ0v) is 24.6. The summed E-state index contributed by atoms with van der Waals surface area (Å²) in [7, 11) is 0. The van der Waals surface area contributed by atoms with Crippen molar-refractivity contribution >= 4 is 11.7 Å². The molecular formula is C34H45N3O5. The standard InChI is InChI=1S/C34H45N3O5/c1-21-30(19-37-10-9-29(39)18-37)41-32(42-31(21)26-7-5-22(20-38)6-8-26)27-3-2-4-28(14-27)35-33(40)36-34-15-23-11-24(16-34)13-25(12-23)17-34/h2-8,14,21,23-25,29-32,38-39H,9-13,15-20H2,1H3,(H2,35,36,40)/t21-,23?,24?,25?,29-,30+,31+,32+,34?/m0/s1. The molecule has 8 heteroatoms. The fourth-order valence-corrected chi connectivity index (χ4v) is 8.99. The van der Waals surface area contributed by atoms with E-state index in [4.69, 9.17) is 9.47 Å². The van der Waals surface area contributed by atoms with Crippen molar-refractivity contribution in [2.24, 2.45) is 23.7 Å². The first-order chi connectivity index (χ1) is 20.3. The Morgan fingerprint density at radius 1 is 1.00 bits per heavy atom. The molecule has 4 N–H and O–H groups in total. The van der Waals surface area contributed by atoms with Gasteiger partial charge in [-0.1, -0.05) is 43.3 Å². The molecule has 226 valence electrons. The summed E-state index contributed by atoms with van der Waals surface area (Å²) in [6.07, 6.45) is 6.96. The van der Waals surface area contributed by atoms with Crippen LogP contribution in [0.15, 0.2) is 48.5 Å². The fourth-order valence-electron chi connectivity index (χ4n) is 8.99. The average Bonchev–Trinajstić information content (AvgIpc) is 3.37. The number of benzene rings is 2. The van der Waals surface area contributed by atoms with E-state index >= 15 is 0 Å². The maximum atomic E-state index is 13.3. The van der Waals surface area contributed by atoms with E-state index in [0.717, 1.165) is 72.4 Å². The van der Waals surface area contributed by atoms with Crippen molar-refractivity contribution in [2.45, 2.75) is 88.6 Å². The van der Waals surface area contributed by atoms with Crippen molar-refractivity contribution in [2.75, 3.05) is 25.0 Å². The number of hydrogen-bond acceptors (Lipinski definition) is 6. The van der Waals surface area contributed by atoms with Crippen LogP contribution >= 0.6 is 0 Å². The third-order valence-corrected chi connectivity index (χ3v) is 10.6. The van der Waals surface area contributed by atoms with E-state index in [-0.39, 0.29) is 42.4 Å². The average molecular weight is 576 g/mol. The van der Waals surface area contributed by atoms with E-state index in [9.17, 15) is 15.0 Å². The lowest BCUT2D eigenvalue weighted by atomic mass is 9.53. The van der Waals surface area contributed by atoms with Gasteiger partial charge in [0.2, 0.25) is 0 Å². The molecule has 2 amide bonds. The molecule has 2 heterocycles. The number of β-amino-alcohol motifs (C(OH)–C–C–N with tert-alkyl or cyclic N) is 1. The van der Waals surface area contributed by atoms with E-state index in [1.807, 2.05) is 48.5 Å². The number of anilines is 1. The summed E-state index contributed by atoms with van der Waals surface area (Å²) in [5, 5.41) is 26.2. The second-order valence-corrected chi connectivity index (χ2v) is 13.9. The predicted octanol–water partition coefficient (Wildman–Crippen LogP) is 5.13. The normalized spacial score (nSPS) is 37.6. The van der Waals surface area contributed by atoms with Gasteiger partial charge in [-0.2, -0.15) is 0 Å². The predicted molar refractivity (Wildman–Crippen MR) is 160 cm³/mol. The molecule has 0 unspecified atom stereocenters. The Kier molecular flexibility index (Phi) is 7.78. The van der Waals surface area contributed by atoms with Gasteiger partial charge in [-0.05, 0) is 86.0 Å². The number of hydrogen-bond donors (Lipinski definition) is 4. The molecule has 2 saturated heterocycles. The highest BCUT2D eigenvalue weighted by atomic mass is 16.7. The summed E-state index contributed by atoms with van der Waals surface area (Å²) >= 11 is 0. The van der Waals surface area contributed by atoms with Crippen molar-refractivity contribution in [3.8, 4) is 0 Å². The topological polar surface area (TPSA) is 103 Å². The number of urea groups is 1. The Morgan fingerprint density at radius 2 is 1.71 bits per heavy atom. The first kappa shape index (κ1) is 28.3. The van der Waals surface area contributed by atoms with Gasteiger partial charge in [0.1, 0.15) is 0 Å². The van der Waals surface area contributed by atoms with Gasteiger partial charge >= 0.3 is 6.03 Å². The van der Waals surface area contributed by atoms with Gasteiger partial charge in [0.15, 0.2) is 6.29 Å². The maximum absolute atomic E-state index is 13.3. The quantitative estimate of drug-likeness (QED) is 0.365. The number of carbonyl (C=O) groups excluding carboxylic acids is 1. The van der Waals surface area contributed by atoms with E-state index < -0.39 is 6.29 Å². The van der Waals surface area contributed by atoms with Gasteiger partial charge in [0.05, 0.1) is 24.9 Å². The van der Waals surface area contributed by atoms with Crippen LogP contribution in [0, 0.1) is 23.7 Å². The van der Waals surface area contributed by atoms with E-state index in [2.05, 4.69) is 22.5 Å². The maximum Gasteiger partial charge on any atom is 0.319 e. The Hall–Kier alpha value is -2.49. The molecule has 0 aromatic heterocycles. The SMILES string of the molecule is C[C@H]1[C@@H](CN2CC[C@H](O)C2)O[C@@H](c2cccc(NC(=O)NC34CC5CC(CC(C5)C3)C4)c2)O[C@H]1c1ccc(CO)cc1. The molecule has 0 radical (unpaired) electrons. The zero-order chi connectivity index (χ0) is 28.8. The van der Waals surface area contributed by atoms with Gasteiger partial charge in [0, 0.05) is 42.3 Å². The highest BCUT2D eigenvalue weighted by Gasteiger charge is 2.51. The molecule has 0 spiro atoms. The Labute approximate surface area is 248 Å². The van der Waals surface area contributed by atoms with Crippen LogP contribution in [0.1, 0.15) is 81.0 Å². The van der Waals surface area contributed by atoms with Crippen molar-refractivity contribution < 1.29 is 24.5 Å². The van der Waals surface area contributed by atoms with Gasteiger partial charge in [-0.3, -0.25) is 4.90 Å². The molecule has 4 aliphatic carbocycles. The number of carbonyl (C=O) groups is 1. The van der Waals surface area contributed by atoms with Gasteiger partial charge in [0.25, 0.3) is 0 Å². The van der Waals surface area contributed by atoms with Crippen molar-refractivity contribution in [1.82, 2.24) is 10.2 Å². The van der Waals surface area contributed by atoms with Crippen LogP contribution in [0.25, 0.3) is 0 Å². The fraction of sp³-hybridized carbons (Fsp3) is 0.618. The molecule has 4 bridgehead atoms. The number of amides is 2. The second-order valence-electron chi connectivity index (χ2n) is 13.9. The van der Waals surface area contributed by atoms with Crippen LogP contribution in [0.2, 0.25) is 0 Å². The lowest BCUT2D eigenvalue weighted by Gasteiger charge is -2.56. The largest absolute Gasteiger partial charge is 0.392 e. The molecule has 2 aromatic rings. The summed E-state index contributed by atoms with van der Waals surface area (Å²) < 4.78 is 13.2. The van der Waals surface area contributed by atoms with Gasteiger partial charge in [-0.25, -0.2) is 4.79 Å². The Bertz CT molecular complexity index is 1230. The first-order valence-electron chi connectivity index (χ1n) is 15.9. The van der Waals surface area contributed by atoms with Gasteiger partial charge in [-0.15, -0.1) is 0 Å². The molecule has 6 fully saturated rings. The highest BCUT2D eigenvalue weighted by Crippen LogP contribution is 2.55. The van der Waals surface area contributed by atoms with Crippen LogP contribution in [0.3, 0.4) is 0 Å². The molecule has 8 nitrogen and oxygen atoms in total. The number of rotatable bonds is 7. The third kappa shape index (κ3) is 5.84. The van der Waals surface area contributed by atoms with Crippen LogP contribution < -0.4 is 10.6 Å². The van der Waals surface area contributed by atoms with Crippen LogP contribution in [0.4, 0.5) is 10.5 Å². The zero-order valence-electron chi connectivity index (χ0n) is 24.6. The number of nitrogens with one attached hydrogen (secondary N) is 2. The summed E-state index contributed by atoms with van der Waals surface area (Å²) in [4.78, 5) is 15.5. The minimum Gasteiger partial charge on any atom is -0.392 e. The number of aliphatic hydroxyl groups excluding tert-OH is 2. The summed E-state index contributed by atoms with van der Waals surface area (Å²) in [6.45, 7) is 4.39. The summed E-state index contributed by atoms with van der Waals surface area (Å²) in [5.74, 6) is 2.39.